The number of aryl methyl sites for hydroxylation is 1. The Morgan fingerprint density at radius 3 is 2.72 bits per heavy atom. The molecule has 0 bridgehead atoms. The first kappa shape index (κ1) is 15.2. The van der Waals surface area contributed by atoms with E-state index < -0.39 is 0 Å². The molecule has 0 fully saturated rings. The van der Waals surface area contributed by atoms with Gasteiger partial charge in [0.2, 0.25) is 5.91 Å². The van der Waals surface area contributed by atoms with Gasteiger partial charge in [-0.3, -0.25) is 4.79 Å². The molecule has 1 rings (SSSR count). The van der Waals surface area contributed by atoms with Crippen LogP contribution in [-0.4, -0.2) is 18.5 Å². The lowest BCUT2D eigenvalue weighted by atomic mass is 10.2. The van der Waals surface area contributed by atoms with Gasteiger partial charge in [0.25, 0.3) is 0 Å². The Morgan fingerprint density at radius 1 is 1.39 bits per heavy atom. The Kier molecular flexibility index (Phi) is 6.36. The van der Waals surface area contributed by atoms with Gasteiger partial charge in [0.1, 0.15) is 0 Å². The first-order valence-electron chi connectivity index (χ1n) is 6.60. The molecule has 0 spiro atoms. The van der Waals surface area contributed by atoms with Crippen molar-refractivity contribution in [3.63, 3.8) is 0 Å². The summed E-state index contributed by atoms with van der Waals surface area (Å²) in [5.74, 6) is 0.573. The second kappa shape index (κ2) is 7.54. The lowest BCUT2D eigenvalue weighted by Gasteiger charge is -2.15. The molecule has 2 N–H and O–H groups in total. The van der Waals surface area contributed by atoms with Crippen LogP contribution in [0.1, 0.15) is 38.1 Å². The molecule has 0 saturated heterocycles. The number of amides is 1. The van der Waals surface area contributed by atoms with E-state index in [1.54, 1.807) is 11.3 Å². The summed E-state index contributed by atoms with van der Waals surface area (Å²) in [4.78, 5) is 13.1. The van der Waals surface area contributed by atoms with Crippen molar-refractivity contribution in [1.82, 2.24) is 10.6 Å². The van der Waals surface area contributed by atoms with E-state index in [0.717, 1.165) is 19.5 Å². The van der Waals surface area contributed by atoms with E-state index in [1.165, 1.54) is 10.4 Å². The second-order valence-corrected chi connectivity index (χ2v) is 5.96. The molecule has 1 aromatic heterocycles. The molecule has 1 amide bonds. The average Bonchev–Trinajstić information content (AvgIpc) is 2.80. The molecule has 1 aromatic rings. The molecule has 0 aliphatic carbocycles. The average molecular weight is 268 g/mol. The SMILES string of the molecule is CCc1ccsc1CNC(C)C(=O)NCC(C)C. The third-order valence-electron chi connectivity index (χ3n) is 2.87. The van der Waals surface area contributed by atoms with Gasteiger partial charge < -0.3 is 10.6 Å². The van der Waals surface area contributed by atoms with E-state index in [4.69, 9.17) is 0 Å². The van der Waals surface area contributed by atoms with Gasteiger partial charge >= 0.3 is 0 Å². The van der Waals surface area contributed by atoms with Crippen LogP contribution in [0.15, 0.2) is 11.4 Å². The second-order valence-electron chi connectivity index (χ2n) is 4.96. The fraction of sp³-hybridized carbons (Fsp3) is 0.643. The van der Waals surface area contributed by atoms with Crippen LogP contribution in [0, 0.1) is 5.92 Å². The molecular formula is C14H24N2OS. The third kappa shape index (κ3) is 4.78. The molecule has 0 radical (unpaired) electrons. The highest BCUT2D eigenvalue weighted by molar-refractivity contribution is 7.10. The van der Waals surface area contributed by atoms with Gasteiger partial charge in [-0.2, -0.15) is 0 Å². The van der Waals surface area contributed by atoms with Gasteiger partial charge in [0, 0.05) is 18.0 Å². The fourth-order valence-electron chi connectivity index (χ4n) is 1.63. The van der Waals surface area contributed by atoms with Crippen molar-refractivity contribution < 1.29 is 4.79 Å². The molecule has 18 heavy (non-hydrogen) atoms. The minimum atomic E-state index is -0.143. The Labute approximate surface area is 114 Å². The van der Waals surface area contributed by atoms with Crippen LogP contribution in [0.4, 0.5) is 0 Å². The van der Waals surface area contributed by atoms with Crippen molar-refractivity contribution in [2.45, 2.75) is 46.7 Å². The number of carbonyl (C=O) groups excluding carboxylic acids is 1. The molecule has 0 aromatic carbocycles. The van der Waals surface area contributed by atoms with E-state index >= 15 is 0 Å². The van der Waals surface area contributed by atoms with E-state index in [2.05, 4.69) is 42.9 Å². The summed E-state index contributed by atoms with van der Waals surface area (Å²) in [6, 6.07) is 2.01. The number of carbonyl (C=O) groups is 1. The van der Waals surface area contributed by atoms with Gasteiger partial charge in [-0.25, -0.2) is 0 Å². The van der Waals surface area contributed by atoms with Crippen molar-refractivity contribution in [2.24, 2.45) is 5.92 Å². The van der Waals surface area contributed by atoms with Crippen LogP contribution in [0.3, 0.4) is 0 Å². The van der Waals surface area contributed by atoms with Crippen LogP contribution in [0.25, 0.3) is 0 Å². The van der Waals surface area contributed by atoms with Crippen molar-refractivity contribution in [2.75, 3.05) is 6.54 Å². The standard InChI is InChI=1S/C14H24N2OS/c1-5-12-6-7-18-13(12)9-15-11(4)14(17)16-8-10(2)3/h6-7,10-11,15H,5,8-9H2,1-4H3,(H,16,17). The van der Waals surface area contributed by atoms with Gasteiger partial charge in [-0.05, 0) is 36.3 Å². The van der Waals surface area contributed by atoms with Gasteiger partial charge in [-0.15, -0.1) is 11.3 Å². The van der Waals surface area contributed by atoms with Gasteiger partial charge in [0.15, 0.2) is 0 Å². The number of hydrogen-bond acceptors (Lipinski definition) is 3. The summed E-state index contributed by atoms with van der Waals surface area (Å²) in [7, 11) is 0. The quantitative estimate of drug-likeness (QED) is 0.798. The van der Waals surface area contributed by atoms with Crippen LogP contribution >= 0.6 is 11.3 Å². The predicted octanol–water partition coefficient (Wildman–Crippen LogP) is 2.56. The van der Waals surface area contributed by atoms with Crippen molar-refractivity contribution >= 4 is 17.2 Å². The zero-order valence-electron chi connectivity index (χ0n) is 11.7. The summed E-state index contributed by atoms with van der Waals surface area (Å²) in [6.45, 7) is 9.77. The molecule has 0 aliphatic heterocycles. The largest absolute Gasteiger partial charge is 0.354 e. The highest BCUT2D eigenvalue weighted by atomic mass is 32.1. The minimum absolute atomic E-state index is 0.0818. The van der Waals surface area contributed by atoms with Crippen molar-refractivity contribution in [1.29, 1.82) is 0 Å². The minimum Gasteiger partial charge on any atom is -0.354 e. The molecule has 1 heterocycles. The zero-order chi connectivity index (χ0) is 13.5. The third-order valence-corrected chi connectivity index (χ3v) is 3.83. The monoisotopic (exact) mass is 268 g/mol. The molecule has 102 valence electrons. The highest BCUT2D eigenvalue weighted by Gasteiger charge is 2.13. The maximum atomic E-state index is 11.8. The van der Waals surface area contributed by atoms with E-state index in [0.29, 0.717) is 5.92 Å². The molecule has 0 aliphatic rings. The van der Waals surface area contributed by atoms with Gasteiger partial charge in [-0.1, -0.05) is 20.8 Å². The number of nitrogens with one attached hydrogen (secondary N) is 2. The Balaban J connectivity index is 2.36. The first-order valence-corrected chi connectivity index (χ1v) is 7.48. The molecule has 4 heteroatoms. The molecule has 1 atom stereocenters. The smallest absolute Gasteiger partial charge is 0.236 e. The predicted molar refractivity (Wildman–Crippen MR) is 77.8 cm³/mol. The Bertz CT molecular complexity index is 374. The molecular weight excluding hydrogens is 244 g/mol. The van der Waals surface area contributed by atoms with E-state index in [9.17, 15) is 4.79 Å². The number of hydrogen-bond donors (Lipinski definition) is 2. The Hall–Kier alpha value is -0.870. The molecule has 3 nitrogen and oxygen atoms in total. The Morgan fingerprint density at radius 2 is 2.11 bits per heavy atom. The lowest BCUT2D eigenvalue weighted by molar-refractivity contribution is -0.122. The number of rotatable bonds is 7. The first-order chi connectivity index (χ1) is 8.54. The topological polar surface area (TPSA) is 41.1 Å². The van der Waals surface area contributed by atoms with Crippen LogP contribution in [0.2, 0.25) is 0 Å². The van der Waals surface area contributed by atoms with Gasteiger partial charge in [0.05, 0.1) is 6.04 Å². The lowest BCUT2D eigenvalue weighted by Crippen LogP contribution is -2.42. The number of thiophene rings is 1. The highest BCUT2D eigenvalue weighted by Crippen LogP contribution is 2.17. The fourth-order valence-corrected chi connectivity index (χ4v) is 2.56. The van der Waals surface area contributed by atoms with Crippen LogP contribution < -0.4 is 10.6 Å². The normalized spacial score (nSPS) is 12.7. The summed E-state index contributed by atoms with van der Waals surface area (Å²) in [6.07, 6.45) is 1.05. The van der Waals surface area contributed by atoms with Crippen molar-refractivity contribution in [3.8, 4) is 0 Å². The summed E-state index contributed by atoms with van der Waals surface area (Å²) < 4.78 is 0. The molecule has 0 saturated carbocycles. The van der Waals surface area contributed by atoms with Crippen LogP contribution in [0.5, 0.6) is 0 Å². The summed E-state index contributed by atoms with van der Waals surface area (Å²) in [5, 5.41) is 8.33. The summed E-state index contributed by atoms with van der Waals surface area (Å²) in [5.41, 5.74) is 1.38. The van der Waals surface area contributed by atoms with Crippen molar-refractivity contribution in [3.05, 3.63) is 21.9 Å². The zero-order valence-corrected chi connectivity index (χ0v) is 12.6. The van der Waals surface area contributed by atoms with E-state index in [1.807, 2.05) is 6.92 Å². The molecule has 1 unspecified atom stereocenters. The van der Waals surface area contributed by atoms with Crippen LogP contribution in [-0.2, 0) is 17.8 Å². The maximum absolute atomic E-state index is 11.8. The van der Waals surface area contributed by atoms with E-state index in [-0.39, 0.29) is 11.9 Å². The maximum Gasteiger partial charge on any atom is 0.236 e. The summed E-state index contributed by atoms with van der Waals surface area (Å²) >= 11 is 1.75.